The number of alkyl halides is 3. The summed E-state index contributed by atoms with van der Waals surface area (Å²) in [5, 5.41) is 3.97. The van der Waals surface area contributed by atoms with Crippen LogP contribution in [0.2, 0.25) is 0 Å². The fourth-order valence-corrected chi connectivity index (χ4v) is 3.47. The highest BCUT2D eigenvalue weighted by molar-refractivity contribution is 7.71. The predicted molar refractivity (Wildman–Crippen MR) is 80.3 cm³/mol. The maximum absolute atomic E-state index is 12.8. The number of hydrogen-bond acceptors (Lipinski definition) is 2. The lowest BCUT2D eigenvalue weighted by Crippen LogP contribution is -2.07. The second-order valence-electron chi connectivity index (χ2n) is 4.76. The van der Waals surface area contributed by atoms with Gasteiger partial charge in [0.15, 0.2) is 4.77 Å². The molecule has 1 aromatic carbocycles. The highest BCUT2D eigenvalue weighted by Crippen LogP contribution is 2.32. The lowest BCUT2D eigenvalue weighted by atomic mass is 10.1. The van der Waals surface area contributed by atoms with Crippen molar-refractivity contribution in [3.63, 3.8) is 0 Å². The van der Waals surface area contributed by atoms with Crippen LogP contribution in [-0.2, 0) is 6.18 Å². The van der Waals surface area contributed by atoms with Gasteiger partial charge in [0, 0.05) is 0 Å². The van der Waals surface area contributed by atoms with Crippen LogP contribution in [0.15, 0.2) is 35.0 Å². The summed E-state index contributed by atoms with van der Waals surface area (Å²) in [7, 11) is 0. The maximum atomic E-state index is 12.8. The van der Waals surface area contributed by atoms with Gasteiger partial charge in [-0.3, -0.25) is 0 Å². The van der Waals surface area contributed by atoms with Crippen molar-refractivity contribution in [1.29, 1.82) is 0 Å². The molecule has 0 radical (unpaired) electrons. The van der Waals surface area contributed by atoms with Crippen LogP contribution in [0.4, 0.5) is 13.2 Å². The number of imidazole rings is 1. The van der Waals surface area contributed by atoms with Crippen LogP contribution in [0.5, 0.6) is 0 Å². The van der Waals surface area contributed by atoms with E-state index in [1.165, 1.54) is 6.07 Å². The molecule has 1 atom stereocenters. The van der Waals surface area contributed by atoms with Crippen molar-refractivity contribution in [2.75, 3.05) is 0 Å². The Kier molecular flexibility index (Phi) is 3.41. The molecule has 0 aliphatic carbocycles. The molecule has 2 heterocycles. The van der Waals surface area contributed by atoms with Gasteiger partial charge < -0.3 is 9.55 Å². The number of halogens is 3. The first-order chi connectivity index (χ1) is 9.88. The molecule has 2 nitrogen and oxygen atoms in total. The van der Waals surface area contributed by atoms with Gasteiger partial charge in [-0.25, -0.2) is 0 Å². The molecule has 0 bridgehead atoms. The van der Waals surface area contributed by atoms with Gasteiger partial charge in [-0.1, -0.05) is 0 Å². The molecule has 3 rings (SSSR count). The van der Waals surface area contributed by atoms with Crippen molar-refractivity contribution >= 4 is 34.6 Å². The summed E-state index contributed by atoms with van der Waals surface area (Å²) in [5.74, 6) is 0. The molecule has 3 aromatic rings. The SMILES string of the molecule is CC(c1ccsc1)n1c(=S)[nH]c2cc(C(F)(F)F)ccc21. The van der Waals surface area contributed by atoms with Gasteiger partial charge in [0.25, 0.3) is 0 Å². The molecular formula is C14H11F3N2S2. The van der Waals surface area contributed by atoms with Crippen molar-refractivity contribution in [2.24, 2.45) is 0 Å². The number of hydrogen-bond donors (Lipinski definition) is 1. The summed E-state index contributed by atoms with van der Waals surface area (Å²) in [6, 6.07) is 5.60. The van der Waals surface area contributed by atoms with E-state index in [1.54, 1.807) is 11.3 Å². The fourth-order valence-electron chi connectivity index (χ4n) is 2.35. The zero-order valence-corrected chi connectivity index (χ0v) is 12.6. The Morgan fingerprint density at radius 1 is 1.29 bits per heavy atom. The first-order valence-electron chi connectivity index (χ1n) is 6.21. The molecule has 7 heteroatoms. The van der Waals surface area contributed by atoms with E-state index in [0.717, 1.165) is 17.7 Å². The normalized spacial score (nSPS) is 13.7. The van der Waals surface area contributed by atoms with E-state index in [1.807, 2.05) is 28.3 Å². The smallest absolute Gasteiger partial charge is 0.331 e. The molecule has 1 unspecified atom stereocenters. The van der Waals surface area contributed by atoms with E-state index in [9.17, 15) is 13.2 Å². The number of fused-ring (bicyclic) bond motifs is 1. The number of aromatic amines is 1. The minimum atomic E-state index is -4.36. The van der Waals surface area contributed by atoms with Gasteiger partial charge in [0.1, 0.15) is 0 Å². The third-order valence-electron chi connectivity index (χ3n) is 3.46. The Labute approximate surface area is 127 Å². The van der Waals surface area contributed by atoms with Crippen LogP contribution in [0.25, 0.3) is 11.0 Å². The molecule has 110 valence electrons. The van der Waals surface area contributed by atoms with Crippen molar-refractivity contribution in [1.82, 2.24) is 9.55 Å². The predicted octanol–water partition coefficient (Wildman–Crippen LogP) is 5.39. The average molecular weight is 328 g/mol. The number of benzene rings is 1. The average Bonchev–Trinajstić information content (AvgIpc) is 3.02. The molecule has 21 heavy (non-hydrogen) atoms. The molecule has 0 saturated carbocycles. The molecule has 2 aromatic heterocycles. The lowest BCUT2D eigenvalue weighted by Gasteiger charge is -2.13. The number of aromatic nitrogens is 2. The van der Waals surface area contributed by atoms with Gasteiger partial charge in [-0.05, 0) is 59.7 Å². The van der Waals surface area contributed by atoms with Crippen LogP contribution in [0.1, 0.15) is 24.1 Å². The zero-order chi connectivity index (χ0) is 15.2. The van der Waals surface area contributed by atoms with Gasteiger partial charge >= 0.3 is 6.18 Å². The summed E-state index contributed by atoms with van der Waals surface area (Å²) >= 11 is 6.85. The second kappa shape index (κ2) is 4.99. The Morgan fingerprint density at radius 2 is 2.05 bits per heavy atom. The van der Waals surface area contributed by atoms with Crippen LogP contribution < -0.4 is 0 Å². The molecule has 0 fully saturated rings. The topological polar surface area (TPSA) is 20.7 Å². The number of nitrogens with one attached hydrogen (secondary N) is 1. The van der Waals surface area contributed by atoms with Crippen LogP contribution in [0.3, 0.4) is 0 Å². The molecule has 1 N–H and O–H groups in total. The number of thiophene rings is 1. The standard InChI is InChI=1S/C14H11F3N2S2/c1-8(9-4-5-21-7-9)19-12-3-2-10(14(15,16)17)6-11(12)18-13(19)20/h2-8H,1H3,(H,18,20). The Balaban J connectivity index is 2.17. The van der Waals surface area contributed by atoms with Gasteiger partial charge in [0.2, 0.25) is 0 Å². The molecule has 0 aliphatic heterocycles. The maximum Gasteiger partial charge on any atom is 0.416 e. The first kappa shape index (κ1) is 14.3. The Bertz CT molecular complexity index is 828. The quantitative estimate of drug-likeness (QED) is 0.626. The minimum Gasteiger partial charge on any atom is -0.331 e. The molecular weight excluding hydrogens is 317 g/mol. The number of nitrogens with zero attached hydrogens (tertiary/aromatic N) is 1. The van der Waals surface area contributed by atoms with Crippen molar-refractivity contribution in [3.05, 3.63) is 50.9 Å². The van der Waals surface area contributed by atoms with Gasteiger partial charge in [0.05, 0.1) is 22.6 Å². The molecule has 0 saturated heterocycles. The fraction of sp³-hybridized carbons (Fsp3) is 0.214. The summed E-state index contributed by atoms with van der Waals surface area (Å²) in [6.45, 7) is 1.98. The Morgan fingerprint density at radius 3 is 2.67 bits per heavy atom. The van der Waals surface area contributed by atoms with Crippen LogP contribution in [-0.4, -0.2) is 9.55 Å². The highest BCUT2D eigenvalue weighted by Gasteiger charge is 2.31. The number of rotatable bonds is 2. The Hall–Kier alpha value is -1.60. The van der Waals surface area contributed by atoms with E-state index in [-0.39, 0.29) is 6.04 Å². The first-order valence-corrected chi connectivity index (χ1v) is 7.56. The second-order valence-corrected chi connectivity index (χ2v) is 5.93. The van der Waals surface area contributed by atoms with Gasteiger partial charge in [-0.2, -0.15) is 24.5 Å². The number of H-pyrrole nitrogens is 1. The third kappa shape index (κ3) is 2.51. The van der Waals surface area contributed by atoms with Crippen LogP contribution >= 0.6 is 23.6 Å². The van der Waals surface area contributed by atoms with Crippen LogP contribution in [0, 0.1) is 4.77 Å². The van der Waals surface area contributed by atoms with E-state index in [4.69, 9.17) is 12.2 Å². The van der Waals surface area contributed by atoms with E-state index in [0.29, 0.717) is 15.8 Å². The summed E-state index contributed by atoms with van der Waals surface area (Å²) in [5.41, 5.74) is 1.47. The zero-order valence-electron chi connectivity index (χ0n) is 10.9. The van der Waals surface area contributed by atoms with Crippen molar-refractivity contribution < 1.29 is 13.2 Å². The van der Waals surface area contributed by atoms with Crippen molar-refractivity contribution in [2.45, 2.75) is 19.1 Å². The summed E-state index contributed by atoms with van der Waals surface area (Å²) < 4.78 is 40.5. The monoisotopic (exact) mass is 328 g/mol. The van der Waals surface area contributed by atoms with E-state index >= 15 is 0 Å². The molecule has 0 amide bonds. The highest BCUT2D eigenvalue weighted by atomic mass is 32.1. The molecule has 0 spiro atoms. The lowest BCUT2D eigenvalue weighted by molar-refractivity contribution is -0.137. The van der Waals surface area contributed by atoms with E-state index < -0.39 is 11.7 Å². The molecule has 0 aliphatic rings. The largest absolute Gasteiger partial charge is 0.416 e. The van der Waals surface area contributed by atoms with Crippen molar-refractivity contribution in [3.8, 4) is 0 Å². The minimum absolute atomic E-state index is 0.0331. The summed E-state index contributed by atoms with van der Waals surface area (Å²) in [4.78, 5) is 2.86. The third-order valence-corrected chi connectivity index (χ3v) is 4.46. The van der Waals surface area contributed by atoms with Gasteiger partial charge in [-0.15, -0.1) is 0 Å². The summed E-state index contributed by atoms with van der Waals surface area (Å²) in [6.07, 6.45) is -4.36. The van der Waals surface area contributed by atoms with E-state index in [2.05, 4.69) is 4.98 Å².